The third-order valence-electron chi connectivity index (χ3n) is 2.30. The molecule has 1 heterocycles. The van der Waals surface area contributed by atoms with Gasteiger partial charge in [-0.25, -0.2) is 0 Å². The molecule has 1 aromatic heterocycles. The summed E-state index contributed by atoms with van der Waals surface area (Å²) in [5, 5.41) is 3.65. The fourth-order valence-corrected chi connectivity index (χ4v) is 1.35. The van der Waals surface area contributed by atoms with E-state index in [9.17, 15) is 13.2 Å². The van der Waals surface area contributed by atoms with Gasteiger partial charge in [0.15, 0.2) is 0 Å². The topological polar surface area (TPSA) is 64.9 Å². The lowest BCUT2D eigenvalue weighted by Gasteiger charge is -2.05. The molecule has 0 saturated carbocycles. The van der Waals surface area contributed by atoms with Crippen molar-refractivity contribution < 1.29 is 17.7 Å². The molecular weight excluding hydrogens is 283 g/mol. The molecule has 1 aromatic carbocycles. The first-order valence-electron chi connectivity index (χ1n) is 5.15. The Labute approximate surface area is 113 Å². The second-order valence-corrected chi connectivity index (χ2v) is 3.82. The number of rotatable bonds is 2. The molecule has 104 valence electrons. The zero-order chi connectivity index (χ0) is 13.3. The highest BCUT2D eigenvalue weighted by Gasteiger charge is 2.30. The fraction of sp³-hybridized carbons (Fsp3) is 0.273. The Hall–Kier alpha value is -1.60. The minimum absolute atomic E-state index is 0. The van der Waals surface area contributed by atoms with E-state index in [1.807, 2.05) is 0 Å². The minimum Gasteiger partial charge on any atom is -0.337 e. The minimum atomic E-state index is -4.35. The molecule has 0 spiro atoms. The largest absolute Gasteiger partial charge is 0.416 e. The lowest BCUT2D eigenvalue weighted by molar-refractivity contribution is -0.137. The highest BCUT2D eigenvalue weighted by Crippen LogP contribution is 2.30. The second-order valence-electron chi connectivity index (χ2n) is 3.82. The van der Waals surface area contributed by atoms with Crippen molar-refractivity contribution in [3.8, 4) is 11.4 Å². The number of hydrogen-bond donors (Lipinski definition) is 1. The first-order chi connectivity index (χ1) is 8.38. The first kappa shape index (κ1) is 15.5. The third-order valence-corrected chi connectivity index (χ3v) is 2.30. The van der Waals surface area contributed by atoms with E-state index in [-0.39, 0.29) is 24.1 Å². The maximum atomic E-state index is 12.4. The van der Waals surface area contributed by atoms with E-state index in [0.717, 1.165) is 12.1 Å². The molecule has 2 rings (SSSR count). The van der Waals surface area contributed by atoms with Gasteiger partial charge in [0.05, 0.1) is 11.6 Å². The van der Waals surface area contributed by atoms with Gasteiger partial charge in [0.25, 0.3) is 0 Å². The van der Waals surface area contributed by atoms with E-state index in [1.165, 1.54) is 12.1 Å². The molecule has 1 unspecified atom stereocenters. The van der Waals surface area contributed by atoms with Crippen molar-refractivity contribution in [2.45, 2.75) is 19.1 Å². The van der Waals surface area contributed by atoms with E-state index < -0.39 is 17.8 Å². The van der Waals surface area contributed by atoms with Gasteiger partial charge >= 0.3 is 6.18 Å². The molecule has 2 aromatic rings. The Morgan fingerprint density at radius 1 is 1.21 bits per heavy atom. The summed E-state index contributed by atoms with van der Waals surface area (Å²) in [7, 11) is 0. The molecule has 0 saturated heterocycles. The van der Waals surface area contributed by atoms with E-state index in [0.29, 0.717) is 5.56 Å². The average molecular weight is 294 g/mol. The summed E-state index contributed by atoms with van der Waals surface area (Å²) in [4.78, 5) is 3.99. The van der Waals surface area contributed by atoms with Crippen LogP contribution in [-0.2, 0) is 6.18 Å². The van der Waals surface area contributed by atoms with E-state index in [4.69, 9.17) is 10.3 Å². The van der Waals surface area contributed by atoms with Gasteiger partial charge < -0.3 is 10.3 Å². The van der Waals surface area contributed by atoms with E-state index in [1.54, 1.807) is 6.92 Å². The summed E-state index contributed by atoms with van der Waals surface area (Å²) in [6, 6.07) is 4.10. The summed E-state index contributed by atoms with van der Waals surface area (Å²) in [5.41, 5.74) is 5.26. The summed E-state index contributed by atoms with van der Waals surface area (Å²) < 4.78 is 42.0. The Kier molecular flexibility index (Phi) is 4.54. The van der Waals surface area contributed by atoms with Gasteiger partial charge in [0.1, 0.15) is 0 Å². The first-order valence-corrected chi connectivity index (χ1v) is 5.15. The molecular formula is C11H11ClF3N3O. The molecule has 0 radical (unpaired) electrons. The van der Waals surface area contributed by atoms with E-state index in [2.05, 4.69) is 10.1 Å². The zero-order valence-corrected chi connectivity index (χ0v) is 10.6. The molecule has 8 heteroatoms. The Morgan fingerprint density at radius 2 is 1.79 bits per heavy atom. The third kappa shape index (κ3) is 3.45. The normalized spacial score (nSPS) is 12.9. The van der Waals surface area contributed by atoms with Crippen molar-refractivity contribution in [3.63, 3.8) is 0 Å². The molecule has 0 aliphatic rings. The predicted octanol–water partition coefficient (Wildman–Crippen LogP) is 3.20. The molecule has 0 bridgehead atoms. The SMILES string of the molecule is CC(N)c1nc(-c2ccc(C(F)(F)F)cc2)no1.Cl. The number of benzene rings is 1. The maximum Gasteiger partial charge on any atom is 0.416 e. The van der Waals surface area contributed by atoms with Crippen LogP contribution in [0.15, 0.2) is 28.8 Å². The van der Waals surface area contributed by atoms with Crippen LogP contribution in [0.5, 0.6) is 0 Å². The van der Waals surface area contributed by atoms with Crippen LogP contribution in [-0.4, -0.2) is 10.1 Å². The number of halogens is 4. The Balaban J connectivity index is 0.00000180. The van der Waals surface area contributed by atoms with Crippen molar-refractivity contribution in [2.24, 2.45) is 5.73 Å². The van der Waals surface area contributed by atoms with E-state index >= 15 is 0 Å². The summed E-state index contributed by atoms with van der Waals surface area (Å²) in [6.45, 7) is 1.67. The fourth-order valence-electron chi connectivity index (χ4n) is 1.35. The molecule has 0 amide bonds. The number of hydrogen-bond acceptors (Lipinski definition) is 4. The number of aromatic nitrogens is 2. The van der Waals surface area contributed by atoms with Crippen molar-refractivity contribution in [3.05, 3.63) is 35.7 Å². The summed E-state index contributed by atoms with van der Waals surface area (Å²) in [6.07, 6.45) is -4.35. The van der Waals surface area contributed by atoms with Crippen LogP contribution in [0.25, 0.3) is 11.4 Å². The quantitative estimate of drug-likeness (QED) is 0.923. The smallest absolute Gasteiger partial charge is 0.337 e. The van der Waals surface area contributed by atoms with Crippen molar-refractivity contribution in [2.75, 3.05) is 0 Å². The lowest BCUT2D eigenvalue weighted by Crippen LogP contribution is -2.05. The van der Waals surface area contributed by atoms with Gasteiger partial charge in [-0.3, -0.25) is 0 Å². The van der Waals surface area contributed by atoms with Crippen molar-refractivity contribution in [1.82, 2.24) is 10.1 Å². The molecule has 0 aliphatic carbocycles. The van der Waals surface area contributed by atoms with Crippen molar-refractivity contribution >= 4 is 12.4 Å². The van der Waals surface area contributed by atoms with Gasteiger partial charge in [-0.15, -0.1) is 12.4 Å². The molecule has 4 nitrogen and oxygen atoms in total. The van der Waals surface area contributed by atoms with Crippen LogP contribution in [0.4, 0.5) is 13.2 Å². The van der Waals surface area contributed by atoms with Crippen LogP contribution < -0.4 is 5.73 Å². The second kappa shape index (κ2) is 5.58. The summed E-state index contributed by atoms with van der Waals surface area (Å²) >= 11 is 0. The van der Waals surface area contributed by atoms with Gasteiger partial charge in [-0.05, 0) is 19.1 Å². The van der Waals surface area contributed by atoms with Gasteiger partial charge in [0.2, 0.25) is 11.7 Å². The molecule has 19 heavy (non-hydrogen) atoms. The lowest BCUT2D eigenvalue weighted by atomic mass is 10.1. The molecule has 0 aliphatic heterocycles. The van der Waals surface area contributed by atoms with Crippen LogP contribution in [0, 0.1) is 0 Å². The van der Waals surface area contributed by atoms with Crippen LogP contribution in [0.2, 0.25) is 0 Å². The van der Waals surface area contributed by atoms with Gasteiger partial charge in [-0.1, -0.05) is 17.3 Å². The standard InChI is InChI=1S/C11H10F3N3O.ClH/c1-6(15)10-16-9(17-18-10)7-2-4-8(5-3-7)11(12,13)14;/h2-6H,15H2,1H3;1H. The monoisotopic (exact) mass is 293 g/mol. The molecule has 1 atom stereocenters. The number of nitrogens with zero attached hydrogens (tertiary/aromatic N) is 2. The maximum absolute atomic E-state index is 12.4. The Bertz CT molecular complexity index is 537. The van der Waals surface area contributed by atoms with Crippen LogP contribution in [0.1, 0.15) is 24.4 Å². The van der Waals surface area contributed by atoms with Gasteiger partial charge in [0, 0.05) is 5.56 Å². The van der Waals surface area contributed by atoms with Crippen molar-refractivity contribution in [1.29, 1.82) is 0 Å². The summed E-state index contributed by atoms with van der Waals surface area (Å²) in [5.74, 6) is 0.459. The zero-order valence-electron chi connectivity index (χ0n) is 9.81. The average Bonchev–Trinajstić information content (AvgIpc) is 2.77. The number of nitrogens with two attached hydrogens (primary N) is 1. The predicted molar refractivity (Wildman–Crippen MR) is 64.6 cm³/mol. The van der Waals surface area contributed by atoms with Crippen LogP contribution in [0.3, 0.4) is 0 Å². The number of alkyl halides is 3. The Morgan fingerprint density at radius 3 is 2.21 bits per heavy atom. The molecule has 2 N–H and O–H groups in total. The highest BCUT2D eigenvalue weighted by atomic mass is 35.5. The molecule has 0 fully saturated rings. The van der Waals surface area contributed by atoms with Crippen LogP contribution >= 0.6 is 12.4 Å². The highest BCUT2D eigenvalue weighted by molar-refractivity contribution is 5.85. The van der Waals surface area contributed by atoms with Gasteiger partial charge in [-0.2, -0.15) is 18.2 Å².